The van der Waals surface area contributed by atoms with Crippen LogP contribution in [-0.4, -0.2) is 19.2 Å². The third kappa shape index (κ3) is 3.39. The lowest BCUT2D eigenvalue weighted by molar-refractivity contribution is -0.147. The topological polar surface area (TPSA) is 35.5 Å². The lowest BCUT2D eigenvalue weighted by Crippen LogP contribution is -2.25. The number of esters is 1. The van der Waals surface area contributed by atoms with E-state index >= 15 is 0 Å². The molecule has 0 saturated heterocycles. The highest BCUT2D eigenvalue weighted by molar-refractivity contribution is 9.08. The van der Waals surface area contributed by atoms with Crippen molar-refractivity contribution in [1.29, 1.82) is 0 Å². The van der Waals surface area contributed by atoms with Crippen LogP contribution in [0.15, 0.2) is 18.2 Å². The zero-order chi connectivity index (χ0) is 12.1. The minimum Gasteiger partial charge on any atom is -0.477 e. The van der Waals surface area contributed by atoms with Crippen molar-refractivity contribution >= 4 is 33.5 Å². The number of carbonyl (C=O) groups is 1. The van der Waals surface area contributed by atoms with Crippen LogP contribution in [-0.2, 0) is 14.9 Å². The smallest absolute Gasteiger partial charge is 0.346 e. The summed E-state index contributed by atoms with van der Waals surface area (Å²) in [5.74, 6) is 0.0462. The van der Waals surface area contributed by atoms with Gasteiger partial charge in [-0.25, -0.2) is 4.79 Å². The second-order valence-electron chi connectivity index (χ2n) is 3.18. The lowest BCUT2D eigenvalue weighted by atomic mass is 10.2. The van der Waals surface area contributed by atoms with E-state index in [9.17, 15) is 4.79 Å². The van der Waals surface area contributed by atoms with E-state index in [-0.39, 0.29) is 0 Å². The van der Waals surface area contributed by atoms with Crippen LogP contribution < -0.4 is 4.74 Å². The van der Waals surface area contributed by atoms with Gasteiger partial charge < -0.3 is 9.47 Å². The largest absolute Gasteiger partial charge is 0.477 e. The minimum absolute atomic E-state index is 0.430. The maximum Gasteiger partial charge on any atom is 0.346 e. The Morgan fingerprint density at radius 3 is 2.75 bits per heavy atom. The van der Waals surface area contributed by atoms with Crippen LogP contribution in [0, 0.1) is 0 Å². The van der Waals surface area contributed by atoms with Gasteiger partial charge in [0.05, 0.1) is 12.1 Å². The molecule has 1 unspecified atom stereocenters. The fraction of sp³-hybridized carbons (Fsp3) is 0.364. The van der Waals surface area contributed by atoms with Gasteiger partial charge in [0.15, 0.2) is 6.10 Å². The molecule has 1 rings (SSSR count). The molecule has 3 nitrogen and oxygen atoms in total. The van der Waals surface area contributed by atoms with Gasteiger partial charge in [0.25, 0.3) is 0 Å². The number of ether oxygens (including phenoxy) is 2. The van der Waals surface area contributed by atoms with Crippen molar-refractivity contribution in [3.63, 3.8) is 0 Å². The standard InChI is InChI=1S/C11H12BrClO3/c1-7(11(14)15-2)16-10-4-3-8(6-12)5-9(10)13/h3-5,7H,6H2,1-2H3. The number of halogens is 2. The van der Waals surface area contributed by atoms with Crippen molar-refractivity contribution in [3.8, 4) is 5.75 Å². The summed E-state index contributed by atoms with van der Waals surface area (Å²) in [4.78, 5) is 11.2. The van der Waals surface area contributed by atoms with E-state index < -0.39 is 12.1 Å². The van der Waals surface area contributed by atoms with Crippen LogP contribution in [0.25, 0.3) is 0 Å². The number of methoxy groups -OCH3 is 1. The maximum atomic E-state index is 11.2. The van der Waals surface area contributed by atoms with Crippen LogP contribution in [0.4, 0.5) is 0 Å². The van der Waals surface area contributed by atoms with Crippen molar-refractivity contribution in [3.05, 3.63) is 28.8 Å². The molecule has 16 heavy (non-hydrogen) atoms. The number of hydrogen-bond acceptors (Lipinski definition) is 3. The number of benzene rings is 1. The molecule has 0 heterocycles. The molecule has 1 aromatic carbocycles. The Balaban J connectivity index is 2.78. The zero-order valence-corrected chi connectivity index (χ0v) is 11.3. The van der Waals surface area contributed by atoms with Crippen molar-refractivity contribution in [1.82, 2.24) is 0 Å². The van der Waals surface area contributed by atoms with Gasteiger partial charge in [-0.1, -0.05) is 33.6 Å². The summed E-state index contributed by atoms with van der Waals surface area (Å²) in [5, 5.41) is 1.20. The summed E-state index contributed by atoms with van der Waals surface area (Å²) in [6, 6.07) is 5.40. The van der Waals surface area contributed by atoms with Crippen molar-refractivity contribution in [2.45, 2.75) is 18.4 Å². The highest BCUT2D eigenvalue weighted by atomic mass is 79.9. The Bertz CT molecular complexity index is 381. The SMILES string of the molecule is COC(=O)C(C)Oc1ccc(CBr)cc1Cl. The number of alkyl halides is 1. The number of hydrogen-bond donors (Lipinski definition) is 0. The van der Waals surface area contributed by atoms with E-state index in [4.69, 9.17) is 16.3 Å². The van der Waals surface area contributed by atoms with Crippen LogP contribution in [0.1, 0.15) is 12.5 Å². The molecule has 1 aromatic rings. The molecular formula is C11H12BrClO3. The summed E-state index contributed by atoms with van der Waals surface area (Å²) in [7, 11) is 1.32. The molecule has 0 aliphatic carbocycles. The minimum atomic E-state index is -0.669. The van der Waals surface area contributed by atoms with E-state index in [1.165, 1.54) is 7.11 Å². The fourth-order valence-corrected chi connectivity index (χ4v) is 1.72. The first-order valence-electron chi connectivity index (χ1n) is 4.67. The lowest BCUT2D eigenvalue weighted by Gasteiger charge is -2.13. The first-order chi connectivity index (χ1) is 7.58. The van der Waals surface area contributed by atoms with Gasteiger partial charge in [-0.3, -0.25) is 0 Å². The van der Waals surface area contributed by atoms with Gasteiger partial charge in [-0.2, -0.15) is 0 Å². The monoisotopic (exact) mass is 306 g/mol. The highest BCUT2D eigenvalue weighted by Crippen LogP contribution is 2.27. The summed E-state index contributed by atoms with van der Waals surface area (Å²) in [6.45, 7) is 1.61. The molecule has 0 radical (unpaired) electrons. The Labute approximate surface area is 108 Å². The van der Waals surface area contributed by atoms with Crippen LogP contribution >= 0.6 is 27.5 Å². The zero-order valence-electron chi connectivity index (χ0n) is 9.00. The molecule has 0 aliphatic rings. The Morgan fingerprint density at radius 2 is 2.25 bits per heavy atom. The normalized spacial score (nSPS) is 12.0. The van der Waals surface area contributed by atoms with Gasteiger partial charge in [0.1, 0.15) is 5.75 Å². The van der Waals surface area contributed by atoms with Crippen molar-refractivity contribution in [2.75, 3.05) is 7.11 Å². The number of carbonyl (C=O) groups excluding carboxylic acids is 1. The Hall–Kier alpha value is -0.740. The van der Waals surface area contributed by atoms with E-state index in [0.29, 0.717) is 10.8 Å². The molecule has 5 heteroatoms. The van der Waals surface area contributed by atoms with Gasteiger partial charge in [-0.15, -0.1) is 0 Å². The van der Waals surface area contributed by atoms with Crippen molar-refractivity contribution in [2.24, 2.45) is 0 Å². The molecule has 0 aromatic heterocycles. The predicted molar refractivity (Wildman–Crippen MR) is 66.2 cm³/mol. The Kier molecular flexibility index (Phi) is 5.09. The first-order valence-corrected chi connectivity index (χ1v) is 6.17. The maximum absolute atomic E-state index is 11.2. The van der Waals surface area contributed by atoms with Crippen molar-refractivity contribution < 1.29 is 14.3 Å². The van der Waals surface area contributed by atoms with Crippen LogP contribution in [0.5, 0.6) is 5.75 Å². The second kappa shape index (κ2) is 6.11. The summed E-state index contributed by atoms with van der Waals surface area (Å²) < 4.78 is 9.93. The van der Waals surface area contributed by atoms with Gasteiger partial charge in [-0.05, 0) is 24.6 Å². The van der Waals surface area contributed by atoms with E-state index in [0.717, 1.165) is 10.9 Å². The summed E-state index contributed by atoms with van der Waals surface area (Å²) in [6.07, 6.45) is -0.669. The summed E-state index contributed by atoms with van der Waals surface area (Å²) >= 11 is 9.33. The molecule has 0 saturated carbocycles. The average Bonchev–Trinajstić information content (AvgIpc) is 2.30. The molecule has 0 N–H and O–H groups in total. The average molecular weight is 308 g/mol. The first kappa shape index (κ1) is 13.3. The van der Waals surface area contributed by atoms with Crippen LogP contribution in [0.2, 0.25) is 5.02 Å². The second-order valence-corrected chi connectivity index (χ2v) is 4.15. The fourth-order valence-electron chi connectivity index (χ4n) is 1.13. The highest BCUT2D eigenvalue weighted by Gasteiger charge is 2.16. The van der Waals surface area contributed by atoms with Gasteiger partial charge in [0, 0.05) is 5.33 Å². The summed E-state index contributed by atoms with van der Waals surface area (Å²) in [5.41, 5.74) is 1.04. The third-order valence-electron chi connectivity index (χ3n) is 1.99. The van der Waals surface area contributed by atoms with E-state index in [2.05, 4.69) is 20.7 Å². The molecule has 0 spiro atoms. The molecule has 0 amide bonds. The van der Waals surface area contributed by atoms with Gasteiger partial charge in [0.2, 0.25) is 0 Å². The molecule has 88 valence electrons. The molecule has 1 atom stereocenters. The third-order valence-corrected chi connectivity index (χ3v) is 2.93. The molecular weight excluding hydrogens is 295 g/mol. The van der Waals surface area contributed by atoms with E-state index in [1.54, 1.807) is 19.1 Å². The van der Waals surface area contributed by atoms with Gasteiger partial charge >= 0.3 is 5.97 Å². The predicted octanol–water partition coefficient (Wildman–Crippen LogP) is 3.18. The molecule has 0 aliphatic heterocycles. The quantitative estimate of drug-likeness (QED) is 0.633. The number of rotatable bonds is 4. The van der Waals surface area contributed by atoms with Crippen LogP contribution in [0.3, 0.4) is 0 Å². The molecule has 0 bridgehead atoms. The molecule has 0 fully saturated rings. The Morgan fingerprint density at radius 1 is 1.56 bits per heavy atom. The van der Waals surface area contributed by atoms with E-state index in [1.807, 2.05) is 6.07 Å².